The van der Waals surface area contributed by atoms with Gasteiger partial charge >= 0.3 is 0 Å². The number of hydrogen-bond donors (Lipinski definition) is 3. The van der Waals surface area contributed by atoms with Gasteiger partial charge in [0.05, 0.1) is 6.54 Å². The molecule has 0 aromatic carbocycles. The van der Waals surface area contributed by atoms with Gasteiger partial charge < -0.3 is 15.7 Å². The maximum atomic E-state index is 11.5. The fourth-order valence-electron chi connectivity index (χ4n) is 1.22. The van der Waals surface area contributed by atoms with E-state index in [1.54, 1.807) is 20.8 Å². The first kappa shape index (κ1) is 15.9. The van der Waals surface area contributed by atoms with Crippen LogP contribution in [0.2, 0.25) is 0 Å². The molecule has 0 saturated heterocycles. The summed E-state index contributed by atoms with van der Waals surface area (Å²) in [4.78, 5) is 23.0. The first-order valence-electron chi connectivity index (χ1n) is 5.96. The van der Waals surface area contributed by atoms with Crippen LogP contribution >= 0.6 is 0 Å². The van der Waals surface area contributed by atoms with Crippen LogP contribution in [0, 0.1) is 5.41 Å². The molecule has 100 valence electrons. The van der Waals surface area contributed by atoms with Gasteiger partial charge in [-0.3, -0.25) is 9.59 Å². The van der Waals surface area contributed by atoms with Crippen LogP contribution in [0.25, 0.3) is 0 Å². The van der Waals surface area contributed by atoms with Crippen LogP contribution in [0.3, 0.4) is 0 Å². The highest BCUT2D eigenvalue weighted by Gasteiger charge is 2.21. The molecule has 0 spiro atoms. The van der Waals surface area contributed by atoms with Gasteiger partial charge in [-0.05, 0) is 19.8 Å². The molecule has 0 aliphatic rings. The fourth-order valence-corrected chi connectivity index (χ4v) is 1.22. The minimum absolute atomic E-state index is 0.000428. The quantitative estimate of drug-likeness (QED) is 0.634. The minimum Gasteiger partial charge on any atom is -0.396 e. The van der Waals surface area contributed by atoms with Crippen LogP contribution < -0.4 is 10.6 Å². The molecule has 17 heavy (non-hydrogen) atoms. The molecular weight excluding hydrogens is 220 g/mol. The molecule has 0 bridgehead atoms. The lowest BCUT2D eigenvalue weighted by atomic mass is 9.96. The van der Waals surface area contributed by atoms with Gasteiger partial charge in [0.25, 0.3) is 0 Å². The van der Waals surface area contributed by atoms with Gasteiger partial charge in [0.15, 0.2) is 0 Å². The molecule has 0 aromatic heterocycles. The molecule has 0 aliphatic heterocycles. The number of nitrogens with one attached hydrogen (secondary N) is 2. The van der Waals surface area contributed by atoms with Gasteiger partial charge in [-0.2, -0.15) is 0 Å². The highest BCUT2D eigenvalue weighted by Crippen LogP contribution is 2.11. The lowest BCUT2D eigenvalue weighted by molar-refractivity contribution is -0.131. The third-order valence-electron chi connectivity index (χ3n) is 2.29. The molecule has 2 amide bonds. The molecule has 5 nitrogen and oxygen atoms in total. The Kier molecular flexibility index (Phi) is 6.80. The van der Waals surface area contributed by atoms with Crippen molar-refractivity contribution in [2.45, 2.75) is 46.6 Å². The van der Waals surface area contributed by atoms with E-state index < -0.39 is 5.41 Å². The Morgan fingerprint density at radius 2 is 1.88 bits per heavy atom. The predicted octanol–water partition coefficient (Wildman–Crippen LogP) is 0.426. The number of carbonyl (C=O) groups is 2. The fraction of sp³-hybridized carbons (Fsp3) is 0.833. The maximum Gasteiger partial charge on any atom is 0.239 e. The van der Waals surface area contributed by atoms with E-state index in [1.807, 2.05) is 6.92 Å². The second-order valence-corrected chi connectivity index (χ2v) is 5.27. The van der Waals surface area contributed by atoms with E-state index in [1.165, 1.54) is 0 Å². The monoisotopic (exact) mass is 244 g/mol. The van der Waals surface area contributed by atoms with Crippen molar-refractivity contribution in [1.82, 2.24) is 10.6 Å². The minimum atomic E-state index is -0.483. The van der Waals surface area contributed by atoms with Crippen LogP contribution in [-0.2, 0) is 9.59 Å². The molecule has 0 rings (SSSR count). The Morgan fingerprint density at radius 1 is 1.29 bits per heavy atom. The Morgan fingerprint density at radius 3 is 2.35 bits per heavy atom. The molecular formula is C12H24N2O3. The molecule has 1 unspecified atom stereocenters. The third kappa shape index (κ3) is 7.74. The summed E-state index contributed by atoms with van der Waals surface area (Å²) >= 11 is 0. The normalized spacial score (nSPS) is 13.0. The topological polar surface area (TPSA) is 78.4 Å². The maximum absolute atomic E-state index is 11.5. The zero-order valence-corrected chi connectivity index (χ0v) is 11.2. The molecule has 3 N–H and O–H groups in total. The third-order valence-corrected chi connectivity index (χ3v) is 2.29. The van der Waals surface area contributed by atoms with Crippen molar-refractivity contribution in [1.29, 1.82) is 0 Å². The van der Waals surface area contributed by atoms with Crippen LogP contribution in [-0.4, -0.2) is 36.1 Å². The number of rotatable bonds is 6. The number of aliphatic hydroxyl groups excluding tert-OH is 1. The van der Waals surface area contributed by atoms with Crippen LogP contribution in [0.15, 0.2) is 0 Å². The van der Waals surface area contributed by atoms with Crippen molar-refractivity contribution >= 4 is 11.8 Å². The lowest BCUT2D eigenvalue weighted by Gasteiger charge is -2.18. The summed E-state index contributed by atoms with van der Waals surface area (Å²) < 4.78 is 0. The largest absolute Gasteiger partial charge is 0.396 e. The van der Waals surface area contributed by atoms with E-state index in [0.717, 1.165) is 6.42 Å². The van der Waals surface area contributed by atoms with Crippen LogP contribution in [0.4, 0.5) is 0 Å². The summed E-state index contributed by atoms with van der Waals surface area (Å²) in [6.45, 7) is 7.39. The average molecular weight is 244 g/mol. The van der Waals surface area contributed by atoms with E-state index in [0.29, 0.717) is 6.42 Å². The van der Waals surface area contributed by atoms with Gasteiger partial charge in [0.1, 0.15) is 0 Å². The zero-order valence-electron chi connectivity index (χ0n) is 11.2. The van der Waals surface area contributed by atoms with Gasteiger partial charge in [-0.25, -0.2) is 0 Å². The van der Waals surface area contributed by atoms with Crippen LogP contribution in [0.1, 0.15) is 40.5 Å². The Labute approximate surface area is 103 Å². The summed E-state index contributed by atoms with van der Waals surface area (Å²) in [5.74, 6) is -0.344. The van der Waals surface area contributed by atoms with Crippen molar-refractivity contribution in [3.63, 3.8) is 0 Å². The standard InChI is InChI=1S/C12H24N2O3/c1-9(6-5-7-15)14-10(16)8-13-11(17)12(2,3)4/h9,15H,5-8H2,1-4H3,(H,13,17)(H,14,16). The average Bonchev–Trinajstić information content (AvgIpc) is 2.21. The number of aliphatic hydroxyl groups is 1. The number of amides is 2. The Balaban J connectivity index is 3.84. The molecule has 1 atom stereocenters. The van der Waals surface area contributed by atoms with Gasteiger partial charge in [0.2, 0.25) is 11.8 Å². The second kappa shape index (κ2) is 7.27. The smallest absolute Gasteiger partial charge is 0.239 e. The molecule has 5 heteroatoms. The summed E-state index contributed by atoms with van der Waals surface area (Å²) in [7, 11) is 0. The zero-order chi connectivity index (χ0) is 13.5. The van der Waals surface area contributed by atoms with Crippen molar-refractivity contribution in [2.75, 3.05) is 13.2 Å². The van der Waals surface area contributed by atoms with E-state index in [4.69, 9.17) is 5.11 Å². The molecule has 0 radical (unpaired) electrons. The first-order valence-corrected chi connectivity index (χ1v) is 5.96. The van der Waals surface area contributed by atoms with Crippen LogP contribution in [0.5, 0.6) is 0 Å². The molecule has 0 saturated carbocycles. The summed E-state index contributed by atoms with van der Waals surface area (Å²) in [5, 5.41) is 14.0. The highest BCUT2D eigenvalue weighted by molar-refractivity contribution is 5.87. The van der Waals surface area contributed by atoms with E-state index in [-0.39, 0.29) is 31.0 Å². The van der Waals surface area contributed by atoms with Gasteiger partial charge in [-0.15, -0.1) is 0 Å². The highest BCUT2D eigenvalue weighted by atomic mass is 16.3. The molecule has 0 aromatic rings. The van der Waals surface area contributed by atoms with Crippen molar-refractivity contribution in [3.8, 4) is 0 Å². The SMILES string of the molecule is CC(CCCO)NC(=O)CNC(=O)C(C)(C)C. The summed E-state index contributed by atoms with van der Waals surface area (Å²) in [6, 6.07) is 0.0150. The first-order chi connectivity index (χ1) is 7.77. The summed E-state index contributed by atoms with van der Waals surface area (Å²) in [6.07, 6.45) is 1.39. The van der Waals surface area contributed by atoms with E-state index in [9.17, 15) is 9.59 Å². The molecule has 0 aliphatic carbocycles. The Hall–Kier alpha value is -1.10. The van der Waals surface area contributed by atoms with Gasteiger partial charge in [-0.1, -0.05) is 20.8 Å². The molecule has 0 fully saturated rings. The Bertz CT molecular complexity index is 259. The number of hydrogen-bond acceptors (Lipinski definition) is 3. The predicted molar refractivity (Wildman–Crippen MR) is 66.4 cm³/mol. The van der Waals surface area contributed by atoms with Crippen molar-refractivity contribution in [3.05, 3.63) is 0 Å². The molecule has 0 heterocycles. The second-order valence-electron chi connectivity index (χ2n) is 5.27. The lowest BCUT2D eigenvalue weighted by Crippen LogP contribution is -2.44. The summed E-state index contributed by atoms with van der Waals surface area (Å²) in [5.41, 5.74) is -0.483. The van der Waals surface area contributed by atoms with E-state index in [2.05, 4.69) is 10.6 Å². The number of carbonyl (C=O) groups excluding carboxylic acids is 2. The van der Waals surface area contributed by atoms with Crippen molar-refractivity contribution in [2.24, 2.45) is 5.41 Å². The van der Waals surface area contributed by atoms with Crippen molar-refractivity contribution < 1.29 is 14.7 Å². The van der Waals surface area contributed by atoms with E-state index >= 15 is 0 Å². The van der Waals surface area contributed by atoms with Gasteiger partial charge in [0, 0.05) is 18.1 Å².